The Morgan fingerprint density at radius 1 is 1.27 bits per heavy atom. The number of nitrogens with one attached hydrogen (secondary N) is 1. The normalized spacial score (nSPS) is 14.7. The highest BCUT2D eigenvalue weighted by Gasteiger charge is 2.31. The van der Waals surface area contributed by atoms with Crippen molar-refractivity contribution in [2.45, 2.75) is 27.2 Å². The number of carbonyl (C=O) groups excluding carboxylic acids is 2. The Balaban J connectivity index is 1.75. The minimum atomic E-state index is -0.273. The van der Waals surface area contributed by atoms with Gasteiger partial charge >= 0.3 is 0 Å². The van der Waals surface area contributed by atoms with Gasteiger partial charge in [0.2, 0.25) is 0 Å². The summed E-state index contributed by atoms with van der Waals surface area (Å²) < 4.78 is 12.4. The molecule has 1 N–H and O–H groups in total. The number of hydrogen-bond donors (Lipinski definition) is 1. The summed E-state index contributed by atoms with van der Waals surface area (Å²) in [6.07, 6.45) is 2.61. The molecule has 6 nitrogen and oxygen atoms in total. The fourth-order valence-corrected chi connectivity index (χ4v) is 5.24. The van der Waals surface area contributed by atoms with Crippen LogP contribution in [0.5, 0.6) is 11.5 Å². The van der Waals surface area contributed by atoms with Crippen LogP contribution in [0.1, 0.15) is 30.0 Å². The molecule has 3 rings (SSSR count). The van der Waals surface area contributed by atoms with Crippen molar-refractivity contribution < 1.29 is 19.1 Å². The van der Waals surface area contributed by atoms with Crippen LogP contribution in [0.3, 0.4) is 0 Å². The summed E-state index contributed by atoms with van der Waals surface area (Å²) in [5.41, 5.74) is 3.50. The maximum atomic E-state index is 12.6. The van der Waals surface area contributed by atoms with Crippen molar-refractivity contribution in [1.82, 2.24) is 4.90 Å². The van der Waals surface area contributed by atoms with Crippen LogP contribution in [0, 0.1) is 13.8 Å². The first-order valence-corrected chi connectivity index (χ1v) is 12.4. The zero-order valence-corrected chi connectivity index (χ0v) is 22.1. The third kappa shape index (κ3) is 5.96. The average molecular weight is 550 g/mol. The van der Waals surface area contributed by atoms with Crippen molar-refractivity contribution in [3.05, 3.63) is 56.4 Å². The molecule has 0 saturated carbocycles. The number of benzene rings is 2. The van der Waals surface area contributed by atoms with Gasteiger partial charge in [0.15, 0.2) is 18.1 Å². The number of thioether (sulfide) groups is 1. The lowest BCUT2D eigenvalue weighted by molar-refractivity contribution is -0.122. The third-order valence-electron chi connectivity index (χ3n) is 4.96. The quantitative estimate of drug-likeness (QED) is 0.337. The van der Waals surface area contributed by atoms with Crippen molar-refractivity contribution in [2.75, 3.05) is 25.6 Å². The van der Waals surface area contributed by atoms with Crippen LogP contribution in [0.15, 0.2) is 39.7 Å². The number of carbonyl (C=O) groups is 2. The van der Waals surface area contributed by atoms with Crippen molar-refractivity contribution in [3.8, 4) is 11.5 Å². The number of nitrogens with zero attached hydrogens (tertiary/aromatic N) is 1. The van der Waals surface area contributed by atoms with Gasteiger partial charge in [-0.1, -0.05) is 49.1 Å². The summed E-state index contributed by atoms with van der Waals surface area (Å²) in [6.45, 7) is 6.31. The van der Waals surface area contributed by atoms with Crippen LogP contribution in [0.25, 0.3) is 6.08 Å². The number of hydrogen-bond acceptors (Lipinski definition) is 6. The molecule has 1 fully saturated rings. The number of halogens is 1. The molecule has 0 bridgehead atoms. The van der Waals surface area contributed by atoms with Crippen LogP contribution >= 0.6 is 39.9 Å². The largest absolute Gasteiger partial charge is 0.493 e. The topological polar surface area (TPSA) is 67.9 Å². The highest BCUT2D eigenvalue weighted by Crippen LogP contribution is 2.39. The average Bonchev–Trinajstić information content (AvgIpc) is 3.03. The Morgan fingerprint density at radius 3 is 2.61 bits per heavy atom. The minimum Gasteiger partial charge on any atom is -0.493 e. The Labute approximate surface area is 211 Å². The van der Waals surface area contributed by atoms with E-state index >= 15 is 0 Å². The standard InChI is InChI=1S/C24H25BrN2O4S2/c1-5-9-27-23(29)19(33-24(27)32)12-16-10-17(25)22(18(11-16)30-4)31-13-20(28)26-21-14(2)7-6-8-15(21)3/h6-8,10-12H,5,9,13H2,1-4H3,(H,26,28)/b19-12-. The smallest absolute Gasteiger partial charge is 0.266 e. The predicted octanol–water partition coefficient (Wildman–Crippen LogP) is 5.70. The van der Waals surface area contributed by atoms with Crippen LogP contribution < -0.4 is 14.8 Å². The van der Waals surface area contributed by atoms with E-state index in [2.05, 4.69) is 21.2 Å². The minimum absolute atomic E-state index is 0.0922. The van der Waals surface area contributed by atoms with Gasteiger partial charge in [-0.15, -0.1) is 0 Å². The summed E-state index contributed by atoms with van der Waals surface area (Å²) >= 11 is 10.1. The number of thiocarbonyl (C=S) groups is 1. The molecule has 9 heteroatoms. The molecule has 0 unspecified atom stereocenters. The van der Waals surface area contributed by atoms with Crippen LogP contribution in [-0.2, 0) is 9.59 Å². The van der Waals surface area contributed by atoms with E-state index in [0.29, 0.717) is 31.7 Å². The Hall–Kier alpha value is -2.36. The maximum absolute atomic E-state index is 12.6. The molecule has 0 aliphatic carbocycles. The van der Waals surface area contributed by atoms with E-state index < -0.39 is 0 Å². The van der Waals surface area contributed by atoms with Crippen LogP contribution in [0.2, 0.25) is 0 Å². The number of anilines is 1. The predicted molar refractivity (Wildman–Crippen MR) is 141 cm³/mol. The van der Waals surface area contributed by atoms with Gasteiger partial charge in [0.1, 0.15) is 4.32 Å². The van der Waals surface area contributed by atoms with Gasteiger partial charge in [-0.3, -0.25) is 14.5 Å². The summed E-state index contributed by atoms with van der Waals surface area (Å²) in [7, 11) is 1.52. The van der Waals surface area contributed by atoms with Gasteiger partial charge in [-0.05, 0) is 71.1 Å². The third-order valence-corrected chi connectivity index (χ3v) is 6.93. The Morgan fingerprint density at radius 2 is 1.97 bits per heavy atom. The summed E-state index contributed by atoms with van der Waals surface area (Å²) in [5.74, 6) is 0.486. The Bertz CT molecular complexity index is 1110. The number of para-hydroxylation sites is 1. The maximum Gasteiger partial charge on any atom is 0.266 e. The van der Waals surface area contributed by atoms with Crippen molar-refractivity contribution in [2.24, 2.45) is 0 Å². The second kappa shape index (κ2) is 11.2. The van der Waals surface area contributed by atoms with Gasteiger partial charge in [-0.2, -0.15) is 0 Å². The molecule has 2 amide bonds. The van der Waals surface area contributed by atoms with Crippen LogP contribution in [-0.4, -0.2) is 41.3 Å². The molecule has 0 atom stereocenters. The van der Waals surface area contributed by atoms with E-state index in [1.165, 1.54) is 18.9 Å². The molecule has 33 heavy (non-hydrogen) atoms. The summed E-state index contributed by atoms with van der Waals surface area (Å²) in [5, 5.41) is 2.90. The Kier molecular flexibility index (Phi) is 8.56. The molecule has 2 aromatic carbocycles. The molecule has 2 aromatic rings. The number of rotatable bonds is 8. The second-order valence-corrected chi connectivity index (χ2v) is 10.0. The highest BCUT2D eigenvalue weighted by atomic mass is 79.9. The van der Waals surface area contributed by atoms with Gasteiger partial charge in [0.25, 0.3) is 11.8 Å². The fraction of sp³-hybridized carbons (Fsp3) is 0.292. The van der Waals surface area contributed by atoms with Crippen molar-refractivity contribution in [1.29, 1.82) is 0 Å². The first-order chi connectivity index (χ1) is 15.7. The molecule has 0 radical (unpaired) electrons. The van der Waals surface area contributed by atoms with Gasteiger partial charge in [-0.25, -0.2) is 0 Å². The number of aryl methyl sites for hydroxylation is 2. The lowest BCUT2D eigenvalue weighted by Crippen LogP contribution is -2.28. The molecule has 174 valence electrons. The first-order valence-electron chi connectivity index (χ1n) is 10.4. The van der Waals surface area contributed by atoms with Gasteiger partial charge < -0.3 is 14.8 Å². The van der Waals surface area contributed by atoms with E-state index in [1.54, 1.807) is 17.0 Å². The lowest BCUT2D eigenvalue weighted by atomic mass is 10.1. The van der Waals surface area contributed by atoms with Crippen molar-refractivity contribution >= 4 is 67.8 Å². The number of methoxy groups -OCH3 is 1. The summed E-state index contributed by atoms with van der Waals surface area (Å²) in [6, 6.07) is 9.40. The molecule has 0 spiro atoms. The molecule has 1 heterocycles. The van der Waals surface area contributed by atoms with Gasteiger partial charge in [0, 0.05) is 12.2 Å². The van der Waals surface area contributed by atoms with Crippen molar-refractivity contribution in [3.63, 3.8) is 0 Å². The van der Waals surface area contributed by atoms with Gasteiger partial charge in [0.05, 0.1) is 16.5 Å². The molecule has 1 saturated heterocycles. The molecule has 0 aromatic heterocycles. The number of amides is 2. The van der Waals surface area contributed by atoms with E-state index in [4.69, 9.17) is 21.7 Å². The zero-order chi connectivity index (χ0) is 24.1. The SMILES string of the molecule is CCCN1C(=O)/C(=C/c2cc(Br)c(OCC(=O)Nc3c(C)cccc3C)c(OC)c2)SC1=S. The van der Waals surface area contributed by atoms with Crippen LogP contribution in [0.4, 0.5) is 5.69 Å². The fourth-order valence-electron chi connectivity index (χ4n) is 3.36. The lowest BCUT2D eigenvalue weighted by Gasteiger charge is -2.15. The second-order valence-electron chi connectivity index (χ2n) is 7.47. The highest BCUT2D eigenvalue weighted by molar-refractivity contribution is 9.10. The molecular formula is C24H25BrN2O4S2. The van der Waals surface area contributed by atoms with E-state index in [9.17, 15) is 9.59 Å². The van der Waals surface area contributed by atoms with E-state index in [1.807, 2.05) is 45.0 Å². The zero-order valence-electron chi connectivity index (χ0n) is 18.9. The van der Waals surface area contributed by atoms with E-state index in [0.717, 1.165) is 28.8 Å². The number of ether oxygens (including phenoxy) is 2. The molecule has 1 aliphatic heterocycles. The first kappa shape index (κ1) is 25.3. The van der Waals surface area contributed by atoms with E-state index in [-0.39, 0.29) is 18.4 Å². The molecule has 1 aliphatic rings. The summed E-state index contributed by atoms with van der Waals surface area (Å²) in [4.78, 5) is 27.3. The monoisotopic (exact) mass is 548 g/mol. The molecular weight excluding hydrogens is 524 g/mol.